The van der Waals surface area contributed by atoms with Crippen LogP contribution in [0, 0.1) is 0 Å². The molecule has 0 spiro atoms. The first-order chi connectivity index (χ1) is 18.4. The average molecular weight is 517 g/mol. The molecule has 0 aliphatic rings. The topological polar surface area (TPSA) is 75.0 Å². The molecule has 0 aliphatic carbocycles. The second kappa shape index (κ2) is 14.6. The minimum Gasteiger partial charge on any atom is -0.489 e. The van der Waals surface area contributed by atoms with Crippen LogP contribution >= 0.6 is 0 Å². The highest BCUT2D eigenvalue weighted by atomic mass is 16.6. The number of fused-ring (bicyclic) bond motifs is 1. The first kappa shape index (κ1) is 28.5. The molecule has 6 heteroatoms. The molecule has 1 heterocycles. The van der Waals surface area contributed by atoms with Crippen LogP contribution < -0.4 is 19.8 Å². The molecular weight excluding hydrogens is 480 g/mol. The largest absolute Gasteiger partial charge is 0.489 e. The van der Waals surface area contributed by atoms with Crippen LogP contribution in [0.2, 0.25) is 0 Å². The number of carbonyl (C=O) groups is 1. The maximum absolute atomic E-state index is 13.0. The summed E-state index contributed by atoms with van der Waals surface area (Å²) in [5.41, 5.74) is 2.36. The summed E-state index contributed by atoms with van der Waals surface area (Å²) in [6, 6.07) is 13.7. The summed E-state index contributed by atoms with van der Waals surface area (Å²) < 4.78 is 23.3. The molecule has 0 amide bonds. The molecule has 0 aliphatic heterocycles. The maximum atomic E-state index is 13.0. The highest BCUT2D eigenvalue weighted by Gasteiger charge is 2.24. The molecule has 3 aromatic rings. The predicted octanol–water partition coefficient (Wildman–Crippen LogP) is 7.82. The number of benzene rings is 2. The van der Waals surface area contributed by atoms with Crippen LogP contribution in [0.1, 0.15) is 63.7 Å². The molecule has 6 nitrogen and oxygen atoms in total. The number of hydrogen-bond acceptors (Lipinski definition) is 6. The quantitative estimate of drug-likeness (QED) is 0.0998. The van der Waals surface area contributed by atoms with Crippen molar-refractivity contribution in [3.63, 3.8) is 0 Å². The van der Waals surface area contributed by atoms with E-state index in [-0.39, 0.29) is 23.7 Å². The van der Waals surface area contributed by atoms with Crippen molar-refractivity contribution in [3.05, 3.63) is 100.0 Å². The molecule has 0 fully saturated rings. The van der Waals surface area contributed by atoms with Crippen molar-refractivity contribution in [2.45, 2.75) is 53.4 Å². The lowest BCUT2D eigenvalue weighted by Crippen LogP contribution is -2.15. The molecule has 3 rings (SSSR count). The average Bonchev–Trinajstić information content (AvgIpc) is 2.90. The van der Waals surface area contributed by atoms with Crippen molar-refractivity contribution in [3.8, 4) is 17.2 Å². The summed E-state index contributed by atoms with van der Waals surface area (Å²) in [6.07, 6.45) is 11.6. The van der Waals surface area contributed by atoms with E-state index >= 15 is 0 Å². The second-order valence-corrected chi connectivity index (χ2v) is 9.13. The molecular formula is C32H36O6. The maximum Gasteiger partial charge on any atom is 0.383 e. The monoisotopic (exact) mass is 516 g/mol. The lowest BCUT2D eigenvalue weighted by Gasteiger charge is -2.15. The van der Waals surface area contributed by atoms with Gasteiger partial charge in [0.25, 0.3) is 0 Å². The zero-order valence-corrected chi connectivity index (χ0v) is 22.6. The Labute approximate surface area is 224 Å². The Kier molecular flexibility index (Phi) is 11.0. The summed E-state index contributed by atoms with van der Waals surface area (Å²) in [6.45, 7) is 8.81. The van der Waals surface area contributed by atoms with Crippen molar-refractivity contribution in [1.82, 2.24) is 0 Å². The molecule has 0 atom stereocenters. The van der Waals surface area contributed by atoms with E-state index in [1.165, 1.54) is 11.1 Å². The third-order valence-electron chi connectivity index (χ3n) is 5.71. The van der Waals surface area contributed by atoms with Gasteiger partial charge in [0.15, 0.2) is 5.75 Å². The van der Waals surface area contributed by atoms with E-state index in [9.17, 15) is 9.59 Å². The zero-order chi connectivity index (χ0) is 27.3. The van der Waals surface area contributed by atoms with Gasteiger partial charge in [-0.2, -0.15) is 0 Å². The molecule has 200 valence electrons. The van der Waals surface area contributed by atoms with Crippen LogP contribution in [0.25, 0.3) is 11.0 Å². The van der Waals surface area contributed by atoms with E-state index in [1.807, 2.05) is 31.2 Å². The molecule has 2 aromatic carbocycles. The summed E-state index contributed by atoms with van der Waals surface area (Å²) in [5, 5.41) is 0.367. The summed E-state index contributed by atoms with van der Waals surface area (Å²) in [7, 11) is 0. The SMILES string of the molecule is CC/C=C/CCOc1c(OC(=O)c2ccccc2)c2c(OC/C=C(\C)CCC=C(C)C)cccc2oc1=O. The Balaban J connectivity index is 1.96. The number of allylic oxidation sites excluding steroid dienone is 4. The number of ether oxygens (including phenoxy) is 3. The number of carbonyl (C=O) groups excluding carboxylic acids is 1. The normalized spacial score (nSPS) is 11.5. The van der Waals surface area contributed by atoms with Crippen LogP contribution in [0.4, 0.5) is 0 Å². The molecule has 0 bridgehead atoms. The van der Waals surface area contributed by atoms with Crippen LogP contribution in [0.5, 0.6) is 17.2 Å². The minimum atomic E-state index is -0.722. The van der Waals surface area contributed by atoms with E-state index in [1.54, 1.807) is 42.5 Å². The molecule has 0 saturated carbocycles. The van der Waals surface area contributed by atoms with Crippen molar-refractivity contribution >= 4 is 16.9 Å². The molecule has 0 radical (unpaired) electrons. The van der Waals surface area contributed by atoms with Crippen LogP contribution in [-0.4, -0.2) is 19.2 Å². The first-order valence-electron chi connectivity index (χ1n) is 13.0. The van der Waals surface area contributed by atoms with Gasteiger partial charge in [-0.05, 0) is 76.8 Å². The lowest BCUT2D eigenvalue weighted by molar-refractivity contribution is 0.0729. The van der Waals surface area contributed by atoms with Gasteiger partial charge >= 0.3 is 11.6 Å². The summed E-state index contributed by atoms with van der Waals surface area (Å²) in [5.74, 6) is -0.357. The van der Waals surface area contributed by atoms with Gasteiger partial charge in [0.05, 0.1) is 12.2 Å². The molecule has 0 unspecified atom stereocenters. The van der Waals surface area contributed by atoms with Gasteiger partial charge in [-0.3, -0.25) is 0 Å². The van der Waals surface area contributed by atoms with E-state index in [2.05, 4.69) is 26.8 Å². The van der Waals surface area contributed by atoms with E-state index in [4.69, 9.17) is 18.6 Å². The fourth-order valence-corrected chi connectivity index (χ4v) is 3.72. The Morgan fingerprint density at radius 3 is 2.42 bits per heavy atom. The Bertz CT molecular complexity index is 1360. The van der Waals surface area contributed by atoms with Gasteiger partial charge in [-0.1, -0.05) is 60.6 Å². The molecule has 0 saturated heterocycles. The van der Waals surface area contributed by atoms with Gasteiger partial charge in [0.1, 0.15) is 23.3 Å². The van der Waals surface area contributed by atoms with Crippen molar-refractivity contribution < 1.29 is 23.4 Å². The van der Waals surface area contributed by atoms with Crippen molar-refractivity contribution in [2.24, 2.45) is 0 Å². The smallest absolute Gasteiger partial charge is 0.383 e. The fraction of sp³-hybridized carbons (Fsp3) is 0.312. The zero-order valence-electron chi connectivity index (χ0n) is 22.6. The molecule has 1 aromatic heterocycles. The molecule has 0 N–H and O–H groups in total. The number of rotatable bonds is 13. The number of esters is 1. The van der Waals surface area contributed by atoms with Crippen LogP contribution in [0.3, 0.4) is 0 Å². The van der Waals surface area contributed by atoms with Crippen molar-refractivity contribution in [1.29, 1.82) is 0 Å². The Morgan fingerprint density at radius 2 is 1.68 bits per heavy atom. The minimum absolute atomic E-state index is 0.00978. The Morgan fingerprint density at radius 1 is 0.895 bits per heavy atom. The van der Waals surface area contributed by atoms with E-state index < -0.39 is 11.6 Å². The van der Waals surface area contributed by atoms with Gasteiger partial charge in [-0.25, -0.2) is 9.59 Å². The second-order valence-electron chi connectivity index (χ2n) is 9.13. The fourth-order valence-electron chi connectivity index (χ4n) is 3.72. The number of hydrogen-bond donors (Lipinski definition) is 0. The van der Waals surface area contributed by atoms with E-state index in [0.29, 0.717) is 29.7 Å². The van der Waals surface area contributed by atoms with Gasteiger partial charge in [0, 0.05) is 0 Å². The summed E-state index contributed by atoms with van der Waals surface area (Å²) >= 11 is 0. The highest BCUT2D eigenvalue weighted by Crippen LogP contribution is 2.39. The van der Waals surface area contributed by atoms with Crippen LogP contribution in [-0.2, 0) is 0 Å². The van der Waals surface area contributed by atoms with Crippen molar-refractivity contribution in [2.75, 3.05) is 13.2 Å². The Hall–Kier alpha value is -4.06. The standard InChI is InChI=1S/C32H36O6/c1-5-6-7-11-21-36-30-29(38-31(33)25-16-9-8-10-17-25)28-26(18-13-19-27(28)37-32(30)34)35-22-20-24(4)15-12-14-23(2)3/h6-10,13-14,16-20H,5,11-12,15,21-22H2,1-4H3/b7-6+,24-20+. The van der Waals surface area contributed by atoms with Gasteiger partial charge < -0.3 is 18.6 Å². The highest BCUT2D eigenvalue weighted by molar-refractivity contribution is 5.97. The lowest BCUT2D eigenvalue weighted by atomic mass is 10.1. The van der Waals surface area contributed by atoms with E-state index in [0.717, 1.165) is 19.3 Å². The third kappa shape index (κ3) is 8.23. The third-order valence-corrected chi connectivity index (χ3v) is 5.71. The van der Waals surface area contributed by atoms with Gasteiger partial charge in [0.2, 0.25) is 5.75 Å². The first-order valence-corrected chi connectivity index (χ1v) is 13.0. The van der Waals surface area contributed by atoms with Crippen LogP contribution in [0.15, 0.2) is 93.2 Å². The molecule has 38 heavy (non-hydrogen) atoms. The predicted molar refractivity (Wildman–Crippen MR) is 151 cm³/mol. The van der Waals surface area contributed by atoms with Gasteiger partial charge in [-0.15, -0.1) is 0 Å². The summed E-state index contributed by atoms with van der Waals surface area (Å²) in [4.78, 5) is 25.9.